The quantitative estimate of drug-likeness (QED) is 0.404. The van der Waals surface area contributed by atoms with Crippen LogP contribution in [0.2, 0.25) is 0 Å². The fourth-order valence-electron chi connectivity index (χ4n) is 2.61. The normalized spacial score (nSPS) is 10.3. The van der Waals surface area contributed by atoms with Crippen molar-refractivity contribution in [3.8, 4) is 0 Å². The first-order chi connectivity index (χ1) is 14.4. The number of hydrogen-bond donors (Lipinski definition) is 3. The van der Waals surface area contributed by atoms with Gasteiger partial charge in [0.15, 0.2) is 0 Å². The van der Waals surface area contributed by atoms with Crippen LogP contribution in [0.1, 0.15) is 20.7 Å². The fraction of sp³-hybridized carbons (Fsp3) is 0.0455. The van der Waals surface area contributed by atoms with E-state index in [9.17, 15) is 19.5 Å². The lowest BCUT2D eigenvalue weighted by molar-refractivity contribution is -0.113. The zero-order chi connectivity index (χ0) is 21.5. The van der Waals surface area contributed by atoms with E-state index in [1.54, 1.807) is 42.5 Å². The first-order valence-corrected chi connectivity index (χ1v) is 10.6. The Morgan fingerprint density at radius 3 is 2.23 bits per heavy atom. The summed E-state index contributed by atoms with van der Waals surface area (Å²) in [5.41, 5.74) is 1.24. The van der Waals surface area contributed by atoms with Crippen LogP contribution < -0.4 is 10.6 Å². The van der Waals surface area contributed by atoms with Crippen molar-refractivity contribution in [1.82, 2.24) is 0 Å². The molecule has 0 aliphatic rings. The van der Waals surface area contributed by atoms with Crippen LogP contribution in [-0.4, -0.2) is 28.6 Å². The number of halogens is 1. The summed E-state index contributed by atoms with van der Waals surface area (Å²) in [4.78, 5) is 36.7. The zero-order valence-electron chi connectivity index (χ0n) is 15.6. The molecule has 0 fully saturated rings. The van der Waals surface area contributed by atoms with E-state index in [0.717, 1.165) is 9.37 Å². The molecular formula is C22H17BrN2O4S. The van der Waals surface area contributed by atoms with Crippen molar-refractivity contribution in [3.63, 3.8) is 0 Å². The van der Waals surface area contributed by atoms with Gasteiger partial charge in [-0.3, -0.25) is 9.59 Å². The number of aromatic carboxylic acids is 1. The summed E-state index contributed by atoms with van der Waals surface area (Å²) in [6.45, 7) is 0. The molecule has 2 amide bonds. The molecule has 0 aliphatic carbocycles. The second kappa shape index (κ2) is 10.1. The number of nitrogens with one attached hydrogen (secondary N) is 2. The van der Waals surface area contributed by atoms with Gasteiger partial charge in [-0.25, -0.2) is 4.79 Å². The molecular weight excluding hydrogens is 468 g/mol. The van der Waals surface area contributed by atoms with E-state index in [0.29, 0.717) is 11.4 Å². The molecule has 152 valence electrons. The Balaban J connectivity index is 1.61. The predicted octanol–water partition coefficient (Wildman–Crippen LogP) is 5.13. The fourth-order valence-corrected chi connectivity index (χ4v) is 3.63. The number of carboxylic acids is 1. The minimum absolute atomic E-state index is 0.0647. The van der Waals surface area contributed by atoms with E-state index in [4.69, 9.17) is 0 Å². The van der Waals surface area contributed by atoms with E-state index in [2.05, 4.69) is 26.6 Å². The molecule has 3 aromatic rings. The summed E-state index contributed by atoms with van der Waals surface area (Å²) in [7, 11) is 0. The van der Waals surface area contributed by atoms with Gasteiger partial charge in [-0.1, -0.05) is 34.1 Å². The summed E-state index contributed by atoms with van der Waals surface area (Å²) in [6.07, 6.45) is 0. The van der Waals surface area contributed by atoms with E-state index in [-0.39, 0.29) is 22.8 Å². The number of carboxylic acid groups (broad SMARTS) is 1. The van der Waals surface area contributed by atoms with Gasteiger partial charge >= 0.3 is 5.97 Å². The second-order valence-corrected chi connectivity index (χ2v) is 8.14. The van der Waals surface area contributed by atoms with E-state index in [1.165, 1.54) is 23.9 Å². The van der Waals surface area contributed by atoms with Crippen molar-refractivity contribution in [2.24, 2.45) is 0 Å². The van der Waals surface area contributed by atoms with Gasteiger partial charge in [0.1, 0.15) is 0 Å². The van der Waals surface area contributed by atoms with Gasteiger partial charge in [0, 0.05) is 20.7 Å². The summed E-state index contributed by atoms with van der Waals surface area (Å²) < 4.78 is 0.930. The minimum atomic E-state index is -1.16. The van der Waals surface area contributed by atoms with E-state index >= 15 is 0 Å². The van der Waals surface area contributed by atoms with Crippen LogP contribution in [0.3, 0.4) is 0 Å². The maximum absolute atomic E-state index is 12.5. The molecule has 0 atom stereocenters. The third kappa shape index (κ3) is 5.95. The Hall–Kier alpha value is -3.10. The smallest absolute Gasteiger partial charge is 0.336 e. The molecule has 0 spiro atoms. The van der Waals surface area contributed by atoms with Crippen LogP contribution in [0, 0.1) is 0 Å². The molecule has 0 saturated carbocycles. The highest BCUT2D eigenvalue weighted by molar-refractivity contribution is 9.10. The maximum atomic E-state index is 12.5. The molecule has 3 aromatic carbocycles. The van der Waals surface area contributed by atoms with Crippen LogP contribution in [0.25, 0.3) is 0 Å². The Labute approximate surface area is 185 Å². The molecule has 30 heavy (non-hydrogen) atoms. The second-order valence-electron chi connectivity index (χ2n) is 6.18. The van der Waals surface area contributed by atoms with Crippen LogP contribution in [-0.2, 0) is 4.79 Å². The zero-order valence-corrected chi connectivity index (χ0v) is 18.0. The Bertz CT molecular complexity index is 1090. The molecule has 0 aromatic heterocycles. The van der Waals surface area contributed by atoms with Gasteiger partial charge in [0.05, 0.1) is 16.9 Å². The Morgan fingerprint density at radius 2 is 1.53 bits per heavy atom. The molecule has 0 saturated heterocycles. The van der Waals surface area contributed by atoms with Crippen molar-refractivity contribution < 1.29 is 19.5 Å². The maximum Gasteiger partial charge on any atom is 0.336 e. The first-order valence-electron chi connectivity index (χ1n) is 8.84. The predicted molar refractivity (Wildman–Crippen MR) is 121 cm³/mol. The third-order valence-corrected chi connectivity index (χ3v) is 5.51. The number of anilines is 2. The van der Waals surface area contributed by atoms with Crippen molar-refractivity contribution in [1.29, 1.82) is 0 Å². The van der Waals surface area contributed by atoms with Gasteiger partial charge in [-0.2, -0.15) is 0 Å². The van der Waals surface area contributed by atoms with Crippen molar-refractivity contribution in [2.75, 3.05) is 16.4 Å². The van der Waals surface area contributed by atoms with Crippen molar-refractivity contribution in [2.45, 2.75) is 4.90 Å². The minimum Gasteiger partial charge on any atom is -0.478 e. The summed E-state index contributed by atoms with van der Waals surface area (Å²) in [5.74, 6) is -1.62. The lowest BCUT2D eigenvalue weighted by atomic mass is 10.1. The number of benzene rings is 3. The largest absolute Gasteiger partial charge is 0.478 e. The van der Waals surface area contributed by atoms with E-state index in [1.807, 2.05) is 18.2 Å². The van der Waals surface area contributed by atoms with Gasteiger partial charge in [0.25, 0.3) is 5.91 Å². The third-order valence-electron chi connectivity index (χ3n) is 3.99. The highest BCUT2D eigenvalue weighted by Gasteiger charge is 2.16. The molecule has 0 heterocycles. The van der Waals surface area contributed by atoms with Crippen LogP contribution in [0.4, 0.5) is 11.4 Å². The average Bonchev–Trinajstić information content (AvgIpc) is 2.74. The number of carbonyl (C=O) groups excluding carboxylic acids is 2. The SMILES string of the molecule is O=C(CSc1cccc(NC(=O)c2ccccc2C(=O)O)c1)Nc1ccc(Br)cc1. The Kier molecular flexibility index (Phi) is 7.26. The van der Waals surface area contributed by atoms with E-state index < -0.39 is 11.9 Å². The number of carbonyl (C=O) groups is 3. The van der Waals surface area contributed by atoms with Gasteiger partial charge in [-0.05, 0) is 54.6 Å². The monoisotopic (exact) mass is 484 g/mol. The van der Waals surface area contributed by atoms with Crippen molar-refractivity contribution in [3.05, 3.63) is 88.4 Å². The molecule has 3 N–H and O–H groups in total. The number of hydrogen-bond acceptors (Lipinski definition) is 4. The van der Waals surface area contributed by atoms with Crippen molar-refractivity contribution >= 4 is 56.9 Å². The van der Waals surface area contributed by atoms with Crippen LogP contribution in [0.15, 0.2) is 82.2 Å². The molecule has 0 bridgehead atoms. The lowest BCUT2D eigenvalue weighted by Crippen LogP contribution is -2.16. The first kappa shape index (κ1) is 21.6. The van der Waals surface area contributed by atoms with Gasteiger partial charge < -0.3 is 15.7 Å². The van der Waals surface area contributed by atoms with Crippen LogP contribution >= 0.6 is 27.7 Å². The summed E-state index contributed by atoms with van der Waals surface area (Å²) in [6, 6.07) is 20.3. The number of amides is 2. The molecule has 8 heteroatoms. The number of thioether (sulfide) groups is 1. The van der Waals surface area contributed by atoms with Gasteiger partial charge in [0.2, 0.25) is 5.91 Å². The standard InChI is InChI=1S/C22H17BrN2O4S/c23-14-8-10-15(11-9-14)24-20(26)13-30-17-5-3-4-16(12-17)25-21(27)18-6-1-2-7-19(18)22(28)29/h1-12H,13H2,(H,24,26)(H,25,27)(H,28,29). The Morgan fingerprint density at radius 1 is 0.833 bits per heavy atom. The molecule has 0 aliphatic heterocycles. The molecule has 0 unspecified atom stereocenters. The highest BCUT2D eigenvalue weighted by Crippen LogP contribution is 2.23. The molecule has 3 rings (SSSR count). The van der Waals surface area contributed by atoms with Crippen LogP contribution in [0.5, 0.6) is 0 Å². The topological polar surface area (TPSA) is 95.5 Å². The lowest BCUT2D eigenvalue weighted by Gasteiger charge is -2.09. The summed E-state index contributed by atoms with van der Waals surface area (Å²) >= 11 is 4.68. The molecule has 6 nitrogen and oxygen atoms in total. The van der Waals surface area contributed by atoms with Gasteiger partial charge in [-0.15, -0.1) is 11.8 Å². The average molecular weight is 485 g/mol. The summed E-state index contributed by atoms with van der Waals surface area (Å²) in [5, 5.41) is 14.8. The molecule has 0 radical (unpaired) electrons. The number of rotatable bonds is 7. The highest BCUT2D eigenvalue weighted by atomic mass is 79.9.